The third-order valence-corrected chi connectivity index (χ3v) is 3.46. The molecular formula is C11H8Br2ClNO. The second-order valence-electron chi connectivity index (χ2n) is 3.29. The zero-order chi connectivity index (χ0) is 11.7. The van der Waals surface area contributed by atoms with Crippen LogP contribution in [0.4, 0.5) is 0 Å². The van der Waals surface area contributed by atoms with Crippen LogP contribution in [-0.2, 0) is 0 Å². The van der Waals surface area contributed by atoms with Crippen LogP contribution in [0.25, 0.3) is 0 Å². The molecule has 0 radical (unpaired) electrons. The van der Waals surface area contributed by atoms with E-state index in [2.05, 4.69) is 31.9 Å². The van der Waals surface area contributed by atoms with Crippen molar-refractivity contribution in [1.82, 2.24) is 0 Å². The van der Waals surface area contributed by atoms with Crippen molar-refractivity contribution < 1.29 is 4.42 Å². The Morgan fingerprint density at radius 3 is 2.56 bits per heavy atom. The van der Waals surface area contributed by atoms with E-state index in [1.165, 1.54) is 0 Å². The van der Waals surface area contributed by atoms with Gasteiger partial charge in [-0.15, -0.1) is 0 Å². The van der Waals surface area contributed by atoms with Crippen LogP contribution in [0.2, 0.25) is 5.02 Å². The van der Waals surface area contributed by atoms with Crippen LogP contribution in [0.5, 0.6) is 0 Å². The molecule has 2 aromatic rings. The zero-order valence-electron chi connectivity index (χ0n) is 8.08. The lowest BCUT2D eigenvalue weighted by Crippen LogP contribution is -2.11. The molecule has 1 atom stereocenters. The van der Waals surface area contributed by atoms with Crippen LogP contribution in [0, 0.1) is 0 Å². The minimum Gasteiger partial charge on any atom is -0.452 e. The first-order valence-corrected chi connectivity index (χ1v) is 6.50. The van der Waals surface area contributed by atoms with Crippen molar-refractivity contribution in [1.29, 1.82) is 0 Å². The zero-order valence-corrected chi connectivity index (χ0v) is 12.0. The van der Waals surface area contributed by atoms with Gasteiger partial charge in [0.15, 0.2) is 4.67 Å². The summed E-state index contributed by atoms with van der Waals surface area (Å²) in [5.74, 6) is 0.673. The molecule has 1 heterocycles. The maximum atomic E-state index is 6.09. The smallest absolute Gasteiger partial charge is 0.169 e. The van der Waals surface area contributed by atoms with Crippen molar-refractivity contribution in [3.05, 3.63) is 55.8 Å². The summed E-state index contributed by atoms with van der Waals surface area (Å²) in [7, 11) is 0. The van der Waals surface area contributed by atoms with E-state index in [1.54, 1.807) is 12.1 Å². The Hall–Kier alpha value is -0.290. The van der Waals surface area contributed by atoms with E-state index in [0.29, 0.717) is 15.5 Å². The van der Waals surface area contributed by atoms with Crippen LogP contribution < -0.4 is 5.73 Å². The van der Waals surface area contributed by atoms with Crippen LogP contribution in [0.15, 0.2) is 43.9 Å². The van der Waals surface area contributed by atoms with Crippen LogP contribution in [0.1, 0.15) is 17.4 Å². The van der Waals surface area contributed by atoms with E-state index >= 15 is 0 Å². The summed E-state index contributed by atoms with van der Waals surface area (Å²) in [5, 5.41) is 0.628. The molecule has 0 aliphatic carbocycles. The van der Waals surface area contributed by atoms with Gasteiger partial charge in [0.1, 0.15) is 5.76 Å². The fourth-order valence-electron chi connectivity index (χ4n) is 1.40. The van der Waals surface area contributed by atoms with Gasteiger partial charge in [0.2, 0.25) is 0 Å². The quantitative estimate of drug-likeness (QED) is 0.851. The first kappa shape index (κ1) is 12.2. The lowest BCUT2D eigenvalue weighted by Gasteiger charge is -2.11. The maximum absolute atomic E-state index is 6.09. The van der Waals surface area contributed by atoms with Gasteiger partial charge in [-0.05, 0) is 51.8 Å². The number of furan rings is 1. The van der Waals surface area contributed by atoms with Crippen molar-refractivity contribution in [2.24, 2.45) is 5.73 Å². The van der Waals surface area contributed by atoms with Crippen LogP contribution in [-0.4, -0.2) is 0 Å². The highest BCUT2D eigenvalue weighted by atomic mass is 79.9. The van der Waals surface area contributed by atoms with Crippen LogP contribution >= 0.6 is 43.5 Å². The molecule has 2 rings (SSSR count). The Kier molecular flexibility index (Phi) is 3.74. The van der Waals surface area contributed by atoms with Gasteiger partial charge >= 0.3 is 0 Å². The van der Waals surface area contributed by atoms with Crippen molar-refractivity contribution in [3.8, 4) is 0 Å². The predicted octanol–water partition coefficient (Wildman–Crippen LogP) is 4.51. The maximum Gasteiger partial charge on any atom is 0.169 e. The second-order valence-corrected chi connectivity index (χ2v) is 5.39. The number of halogens is 3. The Balaban J connectivity index is 2.40. The summed E-state index contributed by atoms with van der Waals surface area (Å²) in [6, 6.07) is 8.84. The number of hydrogen-bond donors (Lipinski definition) is 1. The monoisotopic (exact) mass is 363 g/mol. The Labute approximate surface area is 115 Å². The molecule has 0 aliphatic rings. The van der Waals surface area contributed by atoms with Crippen molar-refractivity contribution in [2.45, 2.75) is 6.04 Å². The molecule has 1 unspecified atom stereocenters. The molecule has 1 aromatic carbocycles. The minimum absolute atomic E-state index is 0.365. The third kappa shape index (κ3) is 2.51. The van der Waals surface area contributed by atoms with E-state index in [4.69, 9.17) is 21.8 Å². The third-order valence-electron chi connectivity index (χ3n) is 2.19. The van der Waals surface area contributed by atoms with E-state index in [-0.39, 0.29) is 6.04 Å². The standard InChI is InChI=1S/C11H8Br2ClNO/c12-6-1-2-8(14)7(5-6)11(15)9-3-4-10(13)16-9/h1-5,11H,15H2. The summed E-state index contributed by atoms with van der Waals surface area (Å²) in [6.07, 6.45) is 0. The molecule has 84 valence electrons. The molecule has 5 heteroatoms. The highest BCUT2D eigenvalue weighted by molar-refractivity contribution is 9.10. The average Bonchev–Trinajstić information content (AvgIpc) is 2.67. The summed E-state index contributed by atoms with van der Waals surface area (Å²) in [5.41, 5.74) is 6.91. The van der Waals surface area contributed by atoms with E-state index in [0.717, 1.165) is 10.0 Å². The molecule has 1 aromatic heterocycles. The topological polar surface area (TPSA) is 39.2 Å². The summed E-state index contributed by atoms with van der Waals surface area (Å²) >= 11 is 12.7. The first-order valence-electron chi connectivity index (χ1n) is 4.53. The Morgan fingerprint density at radius 2 is 1.94 bits per heavy atom. The molecule has 0 saturated carbocycles. The van der Waals surface area contributed by atoms with Gasteiger partial charge in [-0.1, -0.05) is 27.5 Å². The van der Waals surface area contributed by atoms with Crippen molar-refractivity contribution >= 4 is 43.5 Å². The molecule has 16 heavy (non-hydrogen) atoms. The lowest BCUT2D eigenvalue weighted by molar-refractivity contribution is 0.470. The van der Waals surface area contributed by atoms with Gasteiger partial charge in [-0.2, -0.15) is 0 Å². The van der Waals surface area contributed by atoms with Gasteiger partial charge in [0.25, 0.3) is 0 Å². The normalized spacial score (nSPS) is 12.8. The lowest BCUT2D eigenvalue weighted by atomic mass is 10.1. The Bertz CT molecular complexity index is 512. The summed E-state index contributed by atoms with van der Waals surface area (Å²) < 4.78 is 7.01. The Morgan fingerprint density at radius 1 is 1.19 bits per heavy atom. The minimum atomic E-state index is -0.365. The number of rotatable bonds is 2. The van der Waals surface area contributed by atoms with E-state index in [1.807, 2.05) is 18.2 Å². The van der Waals surface area contributed by atoms with Gasteiger partial charge in [0, 0.05) is 9.50 Å². The van der Waals surface area contributed by atoms with Gasteiger partial charge in [-0.25, -0.2) is 0 Å². The van der Waals surface area contributed by atoms with E-state index in [9.17, 15) is 0 Å². The largest absolute Gasteiger partial charge is 0.452 e. The van der Waals surface area contributed by atoms with Gasteiger partial charge in [0.05, 0.1) is 6.04 Å². The molecule has 0 bridgehead atoms. The average molecular weight is 365 g/mol. The van der Waals surface area contributed by atoms with Crippen molar-refractivity contribution in [3.63, 3.8) is 0 Å². The molecule has 2 N–H and O–H groups in total. The van der Waals surface area contributed by atoms with Gasteiger partial charge in [-0.3, -0.25) is 0 Å². The highest BCUT2D eigenvalue weighted by Crippen LogP contribution is 2.30. The summed E-state index contributed by atoms with van der Waals surface area (Å²) in [4.78, 5) is 0. The number of hydrogen-bond acceptors (Lipinski definition) is 2. The fraction of sp³-hybridized carbons (Fsp3) is 0.0909. The first-order chi connectivity index (χ1) is 7.58. The molecule has 0 spiro atoms. The van der Waals surface area contributed by atoms with Gasteiger partial charge < -0.3 is 10.2 Å². The predicted molar refractivity (Wildman–Crippen MR) is 71.6 cm³/mol. The molecule has 0 fully saturated rings. The second kappa shape index (κ2) is 4.92. The highest BCUT2D eigenvalue weighted by Gasteiger charge is 2.16. The summed E-state index contributed by atoms with van der Waals surface area (Å²) in [6.45, 7) is 0. The molecule has 0 amide bonds. The number of nitrogens with two attached hydrogens (primary N) is 1. The SMILES string of the molecule is NC(c1ccc(Br)o1)c1cc(Br)ccc1Cl. The van der Waals surface area contributed by atoms with Crippen LogP contribution in [0.3, 0.4) is 0 Å². The van der Waals surface area contributed by atoms with Crippen molar-refractivity contribution in [2.75, 3.05) is 0 Å². The molecule has 0 aliphatic heterocycles. The molecule has 2 nitrogen and oxygen atoms in total. The van der Waals surface area contributed by atoms with E-state index < -0.39 is 0 Å². The fourth-order valence-corrected chi connectivity index (χ4v) is 2.33. The molecular weight excluding hydrogens is 357 g/mol. The number of benzene rings is 1. The molecule has 0 saturated heterocycles.